The van der Waals surface area contributed by atoms with E-state index < -0.39 is 6.16 Å². The molecule has 1 heterocycles. The summed E-state index contributed by atoms with van der Waals surface area (Å²) in [6, 6.07) is 9.16. The Morgan fingerprint density at radius 2 is 1.78 bits per heavy atom. The van der Waals surface area contributed by atoms with E-state index in [2.05, 4.69) is 5.10 Å². The average molecular weight is 250 g/mol. The SMILES string of the molecule is Cc1cc(C)n(-c2ccccc2O)n1.O=C(O)O. The van der Waals surface area contributed by atoms with Crippen LogP contribution in [0.4, 0.5) is 4.79 Å². The van der Waals surface area contributed by atoms with Gasteiger partial charge in [0.15, 0.2) is 0 Å². The molecule has 1 aromatic carbocycles. The lowest BCUT2D eigenvalue weighted by Crippen LogP contribution is -1.98. The third kappa shape index (κ3) is 3.51. The van der Waals surface area contributed by atoms with E-state index >= 15 is 0 Å². The highest BCUT2D eigenvalue weighted by Gasteiger charge is 2.06. The summed E-state index contributed by atoms with van der Waals surface area (Å²) in [5.41, 5.74) is 2.69. The molecule has 0 aliphatic carbocycles. The summed E-state index contributed by atoms with van der Waals surface area (Å²) in [6.45, 7) is 3.90. The maximum Gasteiger partial charge on any atom is 0.503 e. The van der Waals surface area contributed by atoms with Crippen LogP contribution in [0.5, 0.6) is 5.75 Å². The van der Waals surface area contributed by atoms with Crippen molar-refractivity contribution in [2.45, 2.75) is 13.8 Å². The van der Waals surface area contributed by atoms with Crippen LogP contribution in [-0.2, 0) is 0 Å². The lowest BCUT2D eigenvalue weighted by atomic mass is 10.3. The molecule has 0 spiro atoms. The number of aryl methyl sites for hydroxylation is 2. The third-order valence-corrected chi connectivity index (χ3v) is 2.12. The number of nitrogens with zero attached hydrogens (tertiary/aromatic N) is 2. The summed E-state index contributed by atoms with van der Waals surface area (Å²) < 4.78 is 1.74. The van der Waals surface area contributed by atoms with Crippen molar-refractivity contribution >= 4 is 6.16 Å². The van der Waals surface area contributed by atoms with Gasteiger partial charge in [-0.15, -0.1) is 0 Å². The third-order valence-electron chi connectivity index (χ3n) is 2.12. The van der Waals surface area contributed by atoms with Gasteiger partial charge in [0.1, 0.15) is 11.4 Å². The molecule has 0 saturated carbocycles. The lowest BCUT2D eigenvalue weighted by molar-refractivity contribution is 0.137. The first-order valence-electron chi connectivity index (χ1n) is 5.15. The van der Waals surface area contributed by atoms with Crippen LogP contribution in [0.1, 0.15) is 11.4 Å². The molecule has 6 nitrogen and oxygen atoms in total. The Morgan fingerprint density at radius 3 is 2.22 bits per heavy atom. The Hall–Kier alpha value is -2.50. The van der Waals surface area contributed by atoms with E-state index in [1.807, 2.05) is 32.0 Å². The minimum atomic E-state index is -1.83. The van der Waals surface area contributed by atoms with E-state index in [1.165, 1.54) is 0 Å². The van der Waals surface area contributed by atoms with Crippen molar-refractivity contribution in [3.63, 3.8) is 0 Å². The Balaban J connectivity index is 0.000000357. The van der Waals surface area contributed by atoms with Crippen LogP contribution < -0.4 is 0 Å². The molecule has 0 fully saturated rings. The fourth-order valence-corrected chi connectivity index (χ4v) is 1.52. The van der Waals surface area contributed by atoms with E-state index in [4.69, 9.17) is 15.0 Å². The number of aromatic nitrogens is 2. The van der Waals surface area contributed by atoms with Gasteiger partial charge in [0, 0.05) is 5.69 Å². The molecule has 96 valence electrons. The van der Waals surface area contributed by atoms with E-state index in [1.54, 1.807) is 16.8 Å². The van der Waals surface area contributed by atoms with Crippen molar-refractivity contribution in [2.75, 3.05) is 0 Å². The largest absolute Gasteiger partial charge is 0.506 e. The van der Waals surface area contributed by atoms with Gasteiger partial charge in [-0.2, -0.15) is 5.10 Å². The topological polar surface area (TPSA) is 95.6 Å². The predicted octanol–water partition coefficient (Wildman–Crippen LogP) is 2.42. The van der Waals surface area contributed by atoms with Crippen molar-refractivity contribution in [1.82, 2.24) is 9.78 Å². The summed E-state index contributed by atoms with van der Waals surface area (Å²) >= 11 is 0. The minimum absolute atomic E-state index is 0.249. The summed E-state index contributed by atoms with van der Waals surface area (Å²) in [5.74, 6) is 0.249. The minimum Gasteiger partial charge on any atom is -0.506 e. The molecule has 0 unspecified atom stereocenters. The van der Waals surface area contributed by atoms with Crippen LogP contribution in [0, 0.1) is 13.8 Å². The average Bonchev–Trinajstić information content (AvgIpc) is 2.57. The molecule has 0 aliphatic heterocycles. The van der Waals surface area contributed by atoms with Crippen LogP contribution >= 0.6 is 0 Å². The Bertz CT molecular complexity index is 545. The number of aromatic hydroxyl groups is 1. The van der Waals surface area contributed by atoms with E-state index in [9.17, 15) is 5.11 Å². The second kappa shape index (κ2) is 5.72. The molecule has 2 aromatic rings. The van der Waals surface area contributed by atoms with Crippen molar-refractivity contribution in [2.24, 2.45) is 0 Å². The number of hydrogen-bond donors (Lipinski definition) is 3. The Labute approximate surface area is 104 Å². The van der Waals surface area contributed by atoms with Crippen LogP contribution in [0.3, 0.4) is 0 Å². The molecule has 0 saturated heterocycles. The second-order valence-electron chi connectivity index (χ2n) is 3.61. The molecule has 0 atom stereocenters. The monoisotopic (exact) mass is 250 g/mol. The molecule has 0 radical (unpaired) electrons. The number of phenolic OH excluding ortho intramolecular Hbond substituents is 1. The van der Waals surface area contributed by atoms with Gasteiger partial charge in [0.2, 0.25) is 0 Å². The number of carboxylic acid groups (broad SMARTS) is 2. The highest BCUT2D eigenvalue weighted by atomic mass is 16.6. The zero-order valence-electron chi connectivity index (χ0n) is 10.0. The lowest BCUT2D eigenvalue weighted by Gasteiger charge is -2.05. The summed E-state index contributed by atoms with van der Waals surface area (Å²) in [5, 5.41) is 27.9. The van der Waals surface area contributed by atoms with Crippen molar-refractivity contribution in [1.29, 1.82) is 0 Å². The molecule has 0 bridgehead atoms. The number of phenols is 1. The van der Waals surface area contributed by atoms with Crippen LogP contribution in [0.2, 0.25) is 0 Å². The van der Waals surface area contributed by atoms with Gasteiger partial charge in [-0.25, -0.2) is 9.48 Å². The van der Waals surface area contributed by atoms with Crippen molar-refractivity contribution in [3.8, 4) is 11.4 Å². The molecule has 0 aliphatic rings. The first kappa shape index (κ1) is 13.6. The first-order valence-corrected chi connectivity index (χ1v) is 5.15. The molecule has 18 heavy (non-hydrogen) atoms. The van der Waals surface area contributed by atoms with E-state index in [0.29, 0.717) is 0 Å². The van der Waals surface area contributed by atoms with Crippen LogP contribution in [0.15, 0.2) is 30.3 Å². The quantitative estimate of drug-likeness (QED) is 0.722. The van der Waals surface area contributed by atoms with Gasteiger partial charge in [0.05, 0.1) is 5.69 Å². The number of carbonyl (C=O) groups is 1. The summed E-state index contributed by atoms with van der Waals surface area (Å²) in [4.78, 5) is 8.56. The Kier molecular flexibility index (Phi) is 4.31. The van der Waals surface area contributed by atoms with Gasteiger partial charge in [-0.3, -0.25) is 0 Å². The maximum atomic E-state index is 9.64. The van der Waals surface area contributed by atoms with Gasteiger partial charge in [-0.1, -0.05) is 12.1 Å². The zero-order chi connectivity index (χ0) is 13.7. The highest BCUT2D eigenvalue weighted by molar-refractivity contribution is 5.53. The number of rotatable bonds is 1. The Morgan fingerprint density at radius 1 is 1.22 bits per heavy atom. The molecular weight excluding hydrogens is 236 g/mol. The predicted molar refractivity (Wildman–Crippen MR) is 65.4 cm³/mol. The van der Waals surface area contributed by atoms with Gasteiger partial charge < -0.3 is 15.3 Å². The molecular formula is C12H14N2O4. The normalized spacial score (nSPS) is 9.44. The fourth-order valence-electron chi connectivity index (χ4n) is 1.52. The first-order chi connectivity index (χ1) is 8.41. The maximum absolute atomic E-state index is 9.64. The molecule has 0 amide bonds. The zero-order valence-corrected chi connectivity index (χ0v) is 10.0. The fraction of sp³-hybridized carbons (Fsp3) is 0.167. The molecule has 1 aromatic heterocycles. The summed E-state index contributed by atoms with van der Waals surface area (Å²) in [7, 11) is 0. The van der Waals surface area contributed by atoms with E-state index in [0.717, 1.165) is 17.1 Å². The highest BCUT2D eigenvalue weighted by Crippen LogP contribution is 2.21. The smallest absolute Gasteiger partial charge is 0.503 e. The second-order valence-corrected chi connectivity index (χ2v) is 3.61. The van der Waals surface area contributed by atoms with Crippen LogP contribution in [-0.4, -0.2) is 31.3 Å². The molecule has 6 heteroatoms. The van der Waals surface area contributed by atoms with E-state index in [-0.39, 0.29) is 5.75 Å². The van der Waals surface area contributed by atoms with Gasteiger partial charge in [0.25, 0.3) is 0 Å². The molecule has 3 N–H and O–H groups in total. The van der Waals surface area contributed by atoms with Crippen molar-refractivity contribution < 1.29 is 20.1 Å². The van der Waals surface area contributed by atoms with Gasteiger partial charge >= 0.3 is 6.16 Å². The number of para-hydroxylation sites is 2. The molecule has 2 rings (SSSR count). The summed E-state index contributed by atoms with van der Waals surface area (Å²) in [6.07, 6.45) is -1.83. The number of hydrogen-bond acceptors (Lipinski definition) is 3. The van der Waals surface area contributed by atoms with Crippen molar-refractivity contribution in [3.05, 3.63) is 41.7 Å². The van der Waals surface area contributed by atoms with Crippen LogP contribution in [0.25, 0.3) is 5.69 Å². The number of benzene rings is 1. The van der Waals surface area contributed by atoms with Gasteiger partial charge in [-0.05, 0) is 32.0 Å². The standard InChI is InChI=1S/C11H12N2O.CH2O3/c1-8-7-9(2)13(12-8)10-5-3-4-6-11(10)14;2-1(3)4/h3-7,14H,1-2H3;(H2,2,3,4).